The summed E-state index contributed by atoms with van der Waals surface area (Å²) in [5.74, 6) is 0.633. The molecule has 4 heterocycles. The summed E-state index contributed by atoms with van der Waals surface area (Å²) < 4.78 is 19.5. The number of hydrogen-bond donors (Lipinski definition) is 2. The van der Waals surface area contributed by atoms with E-state index in [4.69, 9.17) is 4.74 Å². The molecule has 1 aromatic carbocycles. The molecule has 0 bridgehead atoms. The highest BCUT2D eigenvalue weighted by molar-refractivity contribution is 5.78. The lowest BCUT2D eigenvalue weighted by Gasteiger charge is -2.27. The standard InChI is InChI=1S/C25H24FN9O/c1-17-7-8-27-23(31-17)18-3-2-4-19(13-18)32-21-6-5-20(28-14-21)15-30-34-25-29-16-22(26)24(33-25)35-9-11-36-12-10-35/h2-8,13-16,32H,9-12H2,1H3,(H,29,33,34)/b30-15+. The van der Waals surface area contributed by atoms with Gasteiger partial charge in [-0.2, -0.15) is 10.1 Å². The van der Waals surface area contributed by atoms with Gasteiger partial charge in [0.2, 0.25) is 5.95 Å². The van der Waals surface area contributed by atoms with Crippen LogP contribution >= 0.6 is 0 Å². The molecule has 0 aliphatic carbocycles. The van der Waals surface area contributed by atoms with E-state index in [1.807, 2.05) is 54.3 Å². The zero-order valence-electron chi connectivity index (χ0n) is 19.6. The average Bonchev–Trinajstić information content (AvgIpc) is 2.91. The maximum atomic E-state index is 14.2. The molecular formula is C25H24FN9O. The van der Waals surface area contributed by atoms with E-state index < -0.39 is 5.82 Å². The fraction of sp³-hybridized carbons (Fsp3) is 0.200. The Hall–Kier alpha value is -4.51. The lowest BCUT2D eigenvalue weighted by Crippen LogP contribution is -2.37. The third kappa shape index (κ3) is 5.76. The van der Waals surface area contributed by atoms with Gasteiger partial charge in [-0.15, -0.1) is 0 Å². The van der Waals surface area contributed by atoms with Crippen LogP contribution in [0.25, 0.3) is 11.4 Å². The molecule has 0 atom stereocenters. The molecule has 1 aliphatic heterocycles. The van der Waals surface area contributed by atoms with Gasteiger partial charge in [0.15, 0.2) is 17.5 Å². The Bertz CT molecular complexity index is 1360. The fourth-order valence-electron chi connectivity index (χ4n) is 3.61. The Morgan fingerprint density at radius 2 is 1.89 bits per heavy atom. The van der Waals surface area contributed by atoms with Crippen molar-refractivity contribution in [2.75, 3.05) is 41.9 Å². The second-order valence-electron chi connectivity index (χ2n) is 8.03. The van der Waals surface area contributed by atoms with Crippen molar-refractivity contribution in [2.45, 2.75) is 6.92 Å². The largest absolute Gasteiger partial charge is 0.378 e. The maximum absolute atomic E-state index is 14.2. The van der Waals surface area contributed by atoms with E-state index >= 15 is 0 Å². The predicted molar refractivity (Wildman–Crippen MR) is 136 cm³/mol. The monoisotopic (exact) mass is 485 g/mol. The van der Waals surface area contributed by atoms with Crippen LogP contribution in [0.15, 0.2) is 66.2 Å². The van der Waals surface area contributed by atoms with Gasteiger partial charge in [-0.3, -0.25) is 4.98 Å². The number of rotatable bonds is 7. The van der Waals surface area contributed by atoms with E-state index in [0.717, 1.165) is 28.8 Å². The van der Waals surface area contributed by atoms with Gasteiger partial charge in [0.1, 0.15) is 0 Å². The molecule has 0 spiro atoms. The number of hydrazone groups is 1. The fourth-order valence-corrected chi connectivity index (χ4v) is 3.61. The van der Waals surface area contributed by atoms with Gasteiger partial charge in [0, 0.05) is 36.2 Å². The number of anilines is 4. The minimum Gasteiger partial charge on any atom is -0.378 e. The highest BCUT2D eigenvalue weighted by Crippen LogP contribution is 2.22. The van der Waals surface area contributed by atoms with E-state index in [1.165, 1.54) is 0 Å². The van der Waals surface area contributed by atoms with Crippen molar-refractivity contribution in [1.82, 2.24) is 24.9 Å². The minimum atomic E-state index is -0.479. The highest BCUT2D eigenvalue weighted by atomic mass is 19.1. The van der Waals surface area contributed by atoms with Crippen LogP contribution in [0, 0.1) is 12.7 Å². The molecule has 1 fully saturated rings. The first-order valence-electron chi connectivity index (χ1n) is 11.4. The number of aryl methyl sites for hydroxylation is 1. The summed E-state index contributed by atoms with van der Waals surface area (Å²) >= 11 is 0. The molecule has 3 aromatic heterocycles. The second kappa shape index (κ2) is 10.8. The summed E-state index contributed by atoms with van der Waals surface area (Å²) in [6.45, 7) is 4.16. The van der Waals surface area contributed by atoms with E-state index in [1.54, 1.807) is 18.6 Å². The quantitative estimate of drug-likeness (QED) is 0.298. The molecule has 0 radical (unpaired) electrons. The van der Waals surface area contributed by atoms with Gasteiger partial charge in [-0.25, -0.2) is 24.8 Å². The molecule has 182 valence electrons. The van der Waals surface area contributed by atoms with Crippen molar-refractivity contribution in [1.29, 1.82) is 0 Å². The van der Waals surface area contributed by atoms with E-state index in [2.05, 4.69) is 40.8 Å². The van der Waals surface area contributed by atoms with Crippen LogP contribution in [0.3, 0.4) is 0 Å². The lowest BCUT2D eigenvalue weighted by molar-refractivity contribution is 0.122. The SMILES string of the molecule is Cc1ccnc(-c2cccc(Nc3ccc(/C=N/Nc4ncc(F)c(N5CCOCC5)n4)nc3)c2)n1. The Balaban J connectivity index is 1.21. The van der Waals surface area contributed by atoms with Crippen molar-refractivity contribution in [3.05, 3.63) is 78.3 Å². The number of benzene rings is 1. The molecule has 36 heavy (non-hydrogen) atoms. The summed E-state index contributed by atoms with van der Waals surface area (Å²) in [7, 11) is 0. The zero-order valence-corrected chi connectivity index (χ0v) is 19.6. The van der Waals surface area contributed by atoms with E-state index in [9.17, 15) is 4.39 Å². The smallest absolute Gasteiger partial charge is 0.245 e. The topological polar surface area (TPSA) is 113 Å². The molecule has 0 amide bonds. The molecule has 1 saturated heterocycles. The van der Waals surface area contributed by atoms with E-state index in [0.29, 0.717) is 37.8 Å². The molecule has 2 N–H and O–H groups in total. The average molecular weight is 486 g/mol. The summed E-state index contributed by atoms with van der Waals surface area (Å²) in [5, 5.41) is 7.46. The van der Waals surface area contributed by atoms with Crippen molar-refractivity contribution < 1.29 is 9.13 Å². The predicted octanol–water partition coefficient (Wildman–Crippen LogP) is 3.80. The summed E-state index contributed by atoms with van der Waals surface area (Å²) in [6.07, 6.45) is 6.14. The van der Waals surface area contributed by atoms with Crippen molar-refractivity contribution in [3.8, 4) is 11.4 Å². The number of nitrogens with one attached hydrogen (secondary N) is 2. The first kappa shape index (κ1) is 23.2. The van der Waals surface area contributed by atoms with Crippen LogP contribution in [0.1, 0.15) is 11.4 Å². The molecular weight excluding hydrogens is 461 g/mol. The third-order valence-corrected chi connectivity index (χ3v) is 5.39. The minimum absolute atomic E-state index is 0.199. The maximum Gasteiger partial charge on any atom is 0.245 e. The summed E-state index contributed by atoms with van der Waals surface area (Å²) in [5.41, 5.74) is 6.92. The number of pyridine rings is 1. The van der Waals surface area contributed by atoms with Gasteiger partial charge in [0.05, 0.1) is 43.2 Å². The molecule has 11 heteroatoms. The Morgan fingerprint density at radius 3 is 2.69 bits per heavy atom. The van der Waals surface area contributed by atoms with Gasteiger partial charge < -0.3 is 15.0 Å². The number of hydrogen-bond acceptors (Lipinski definition) is 10. The first-order valence-corrected chi connectivity index (χ1v) is 11.4. The van der Waals surface area contributed by atoms with Crippen LogP contribution in [0.5, 0.6) is 0 Å². The van der Waals surface area contributed by atoms with Crippen LogP contribution in [0.2, 0.25) is 0 Å². The van der Waals surface area contributed by atoms with Crippen molar-refractivity contribution >= 4 is 29.4 Å². The van der Waals surface area contributed by atoms with Gasteiger partial charge in [0.25, 0.3) is 0 Å². The number of ether oxygens (including phenoxy) is 1. The van der Waals surface area contributed by atoms with Crippen molar-refractivity contribution in [2.24, 2.45) is 5.10 Å². The highest BCUT2D eigenvalue weighted by Gasteiger charge is 2.17. The molecule has 4 aromatic rings. The molecule has 1 aliphatic rings. The number of nitrogens with zero attached hydrogens (tertiary/aromatic N) is 7. The normalized spacial score (nSPS) is 13.7. The zero-order chi connectivity index (χ0) is 24.7. The molecule has 0 unspecified atom stereocenters. The molecule has 10 nitrogen and oxygen atoms in total. The first-order chi connectivity index (χ1) is 17.6. The summed E-state index contributed by atoms with van der Waals surface area (Å²) in [4.78, 5) is 23.2. The van der Waals surface area contributed by atoms with E-state index in [-0.39, 0.29) is 11.8 Å². The van der Waals surface area contributed by atoms with Crippen LogP contribution in [-0.2, 0) is 4.74 Å². The Morgan fingerprint density at radius 1 is 1.00 bits per heavy atom. The van der Waals surface area contributed by atoms with Crippen LogP contribution in [-0.4, -0.2) is 57.4 Å². The van der Waals surface area contributed by atoms with Gasteiger partial charge in [-0.1, -0.05) is 12.1 Å². The second-order valence-corrected chi connectivity index (χ2v) is 8.03. The lowest BCUT2D eigenvalue weighted by atomic mass is 10.2. The van der Waals surface area contributed by atoms with Gasteiger partial charge >= 0.3 is 0 Å². The Labute approximate surface area is 207 Å². The van der Waals surface area contributed by atoms with Crippen molar-refractivity contribution in [3.63, 3.8) is 0 Å². The molecule has 0 saturated carbocycles. The third-order valence-electron chi connectivity index (χ3n) is 5.39. The molecule has 5 rings (SSSR count). The number of aromatic nitrogens is 5. The van der Waals surface area contributed by atoms with Gasteiger partial charge in [-0.05, 0) is 37.3 Å². The number of halogens is 1. The van der Waals surface area contributed by atoms with Crippen LogP contribution < -0.4 is 15.6 Å². The van der Waals surface area contributed by atoms with Crippen LogP contribution in [0.4, 0.5) is 27.5 Å². The number of morpholine rings is 1. The summed E-state index contributed by atoms with van der Waals surface area (Å²) in [6, 6.07) is 13.5. The Kier molecular flexibility index (Phi) is 6.99.